The summed E-state index contributed by atoms with van der Waals surface area (Å²) < 4.78 is 22.1. The molecule has 0 spiro atoms. The number of nitrogens with two attached hydrogens (primary N) is 2. The molecule has 0 saturated carbocycles. The van der Waals surface area contributed by atoms with E-state index in [9.17, 15) is 5.26 Å². The maximum Gasteiger partial charge on any atom is 0.228 e. The lowest BCUT2D eigenvalue weighted by Crippen LogP contribution is -2.15. The highest BCUT2D eigenvalue weighted by Crippen LogP contribution is 2.54. The van der Waals surface area contributed by atoms with Crippen molar-refractivity contribution in [3.63, 3.8) is 0 Å². The topological polar surface area (TPSA) is 126 Å². The molecule has 0 amide bonds. The SMILES string of the molecule is COc1ccc2c(c1)Oc1nc(N)c(C#N)c(N)c1C2Sc1ccc(OC)c(OC)c1. The van der Waals surface area contributed by atoms with Crippen LogP contribution in [0, 0.1) is 11.3 Å². The van der Waals surface area contributed by atoms with Crippen molar-refractivity contribution in [3.8, 4) is 34.9 Å². The van der Waals surface area contributed by atoms with E-state index in [1.165, 1.54) is 11.8 Å². The van der Waals surface area contributed by atoms with Crippen molar-refractivity contribution >= 4 is 23.3 Å². The molecule has 1 aromatic heterocycles. The van der Waals surface area contributed by atoms with Gasteiger partial charge in [0.1, 0.15) is 28.9 Å². The smallest absolute Gasteiger partial charge is 0.228 e. The number of methoxy groups -OCH3 is 3. The maximum absolute atomic E-state index is 9.52. The average Bonchev–Trinajstić information content (AvgIpc) is 2.78. The zero-order valence-electron chi connectivity index (χ0n) is 17.1. The molecular weight excluding hydrogens is 416 g/mol. The Hall–Kier alpha value is -3.77. The van der Waals surface area contributed by atoms with Crippen LogP contribution in [0.25, 0.3) is 0 Å². The molecule has 0 aliphatic carbocycles. The first-order chi connectivity index (χ1) is 15.0. The summed E-state index contributed by atoms with van der Waals surface area (Å²) in [6.45, 7) is 0. The van der Waals surface area contributed by atoms with Crippen molar-refractivity contribution in [2.75, 3.05) is 32.8 Å². The highest BCUT2D eigenvalue weighted by molar-refractivity contribution is 7.99. The van der Waals surface area contributed by atoms with Gasteiger partial charge in [-0.15, -0.1) is 11.8 Å². The van der Waals surface area contributed by atoms with Gasteiger partial charge in [0, 0.05) is 16.5 Å². The third kappa shape index (κ3) is 3.51. The molecule has 9 heteroatoms. The Morgan fingerprint density at radius 2 is 1.81 bits per heavy atom. The first kappa shape index (κ1) is 20.5. The third-order valence-electron chi connectivity index (χ3n) is 4.96. The highest BCUT2D eigenvalue weighted by atomic mass is 32.2. The van der Waals surface area contributed by atoms with Crippen LogP contribution in [0.2, 0.25) is 0 Å². The van der Waals surface area contributed by atoms with E-state index in [1.54, 1.807) is 27.4 Å². The number of anilines is 2. The number of aromatic nitrogens is 1. The predicted molar refractivity (Wildman–Crippen MR) is 118 cm³/mol. The van der Waals surface area contributed by atoms with Gasteiger partial charge in [0.05, 0.1) is 37.8 Å². The van der Waals surface area contributed by atoms with Gasteiger partial charge in [0.2, 0.25) is 5.88 Å². The molecule has 0 bridgehead atoms. The van der Waals surface area contributed by atoms with Crippen molar-refractivity contribution in [2.24, 2.45) is 0 Å². The van der Waals surface area contributed by atoms with Crippen molar-refractivity contribution in [1.82, 2.24) is 4.98 Å². The minimum Gasteiger partial charge on any atom is -0.497 e. The summed E-state index contributed by atoms with van der Waals surface area (Å²) in [6.07, 6.45) is 0. The Bertz CT molecular complexity index is 1210. The second-order valence-corrected chi connectivity index (χ2v) is 7.82. The number of fused-ring (bicyclic) bond motifs is 2. The minimum absolute atomic E-state index is 0.0277. The van der Waals surface area contributed by atoms with Crippen LogP contribution in [0.4, 0.5) is 11.5 Å². The van der Waals surface area contributed by atoms with Crippen LogP contribution in [-0.2, 0) is 0 Å². The van der Waals surface area contributed by atoms with E-state index in [1.807, 2.05) is 36.4 Å². The second-order valence-electron chi connectivity index (χ2n) is 6.64. The lowest BCUT2D eigenvalue weighted by molar-refractivity contribution is 0.354. The Kier molecular flexibility index (Phi) is 5.40. The molecule has 1 unspecified atom stereocenters. The molecule has 31 heavy (non-hydrogen) atoms. The van der Waals surface area contributed by atoms with Crippen LogP contribution in [0.15, 0.2) is 41.3 Å². The largest absolute Gasteiger partial charge is 0.497 e. The van der Waals surface area contributed by atoms with Gasteiger partial charge in [-0.25, -0.2) is 0 Å². The molecule has 1 atom stereocenters. The van der Waals surface area contributed by atoms with Gasteiger partial charge in [0.15, 0.2) is 11.5 Å². The predicted octanol–water partition coefficient (Wildman–Crippen LogP) is 4.13. The number of nitrogens with zero attached hydrogens (tertiary/aromatic N) is 2. The van der Waals surface area contributed by atoms with Crippen molar-refractivity contribution < 1.29 is 18.9 Å². The van der Waals surface area contributed by atoms with Gasteiger partial charge in [-0.3, -0.25) is 0 Å². The van der Waals surface area contributed by atoms with Gasteiger partial charge >= 0.3 is 0 Å². The Morgan fingerprint density at radius 1 is 1.03 bits per heavy atom. The third-order valence-corrected chi connectivity index (χ3v) is 6.21. The number of benzene rings is 2. The van der Waals surface area contributed by atoms with E-state index in [2.05, 4.69) is 4.98 Å². The summed E-state index contributed by atoms with van der Waals surface area (Å²) in [5.74, 6) is 2.76. The van der Waals surface area contributed by atoms with Gasteiger partial charge in [0.25, 0.3) is 0 Å². The van der Waals surface area contributed by atoms with Crippen molar-refractivity contribution in [3.05, 3.63) is 53.1 Å². The van der Waals surface area contributed by atoms with Crippen LogP contribution in [-0.4, -0.2) is 26.3 Å². The molecule has 8 nitrogen and oxygen atoms in total. The summed E-state index contributed by atoms with van der Waals surface area (Å²) in [5, 5.41) is 9.22. The summed E-state index contributed by atoms with van der Waals surface area (Å²) in [6, 6.07) is 13.2. The second kappa shape index (κ2) is 8.16. The van der Waals surface area contributed by atoms with E-state index in [4.69, 9.17) is 30.4 Å². The molecule has 1 aliphatic rings. The molecule has 3 aromatic rings. The van der Waals surface area contributed by atoms with Crippen LogP contribution in [0.5, 0.6) is 28.9 Å². The van der Waals surface area contributed by atoms with Crippen LogP contribution >= 0.6 is 11.8 Å². The molecule has 4 rings (SSSR count). The number of hydrogen-bond donors (Lipinski definition) is 2. The molecule has 1 aliphatic heterocycles. The molecule has 0 saturated heterocycles. The lowest BCUT2D eigenvalue weighted by Gasteiger charge is -2.29. The standard InChI is InChI=1S/C22H20N4O4S/c1-27-11-4-6-13-16(8-11)30-22-18(19(24)14(10-23)21(25)26-22)20(13)31-12-5-7-15(28-2)17(9-12)29-3/h4-9,20H,1-3H3,(H4,24,25,26). The number of thioether (sulfide) groups is 1. The quantitative estimate of drug-likeness (QED) is 0.607. The minimum atomic E-state index is -0.303. The molecule has 2 heterocycles. The number of hydrogen-bond acceptors (Lipinski definition) is 9. The summed E-state index contributed by atoms with van der Waals surface area (Å²) >= 11 is 1.52. The Morgan fingerprint density at radius 3 is 2.48 bits per heavy atom. The van der Waals surface area contributed by atoms with E-state index in [0.717, 1.165) is 10.5 Å². The number of nitrogen functional groups attached to an aromatic ring is 2. The summed E-state index contributed by atoms with van der Waals surface area (Å²) in [5.41, 5.74) is 14.2. The maximum atomic E-state index is 9.52. The van der Waals surface area contributed by atoms with E-state index < -0.39 is 0 Å². The zero-order chi connectivity index (χ0) is 22.1. The summed E-state index contributed by atoms with van der Waals surface area (Å²) in [4.78, 5) is 5.22. The monoisotopic (exact) mass is 436 g/mol. The highest BCUT2D eigenvalue weighted by Gasteiger charge is 2.34. The Balaban J connectivity index is 1.88. The molecule has 0 radical (unpaired) electrons. The number of rotatable bonds is 5. The summed E-state index contributed by atoms with van der Waals surface area (Å²) in [7, 11) is 4.76. The van der Waals surface area contributed by atoms with E-state index >= 15 is 0 Å². The van der Waals surface area contributed by atoms with Crippen LogP contribution in [0.1, 0.15) is 21.9 Å². The number of pyridine rings is 1. The molecule has 2 aromatic carbocycles. The van der Waals surface area contributed by atoms with Crippen molar-refractivity contribution in [1.29, 1.82) is 5.26 Å². The normalized spacial score (nSPS) is 13.9. The van der Waals surface area contributed by atoms with Gasteiger partial charge in [-0.1, -0.05) is 6.07 Å². The molecule has 158 valence electrons. The first-order valence-electron chi connectivity index (χ1n) is 9.24. The van der Waals surface area contributed by atoms with Crippen LogP contribution in [0.3, 0.4) is 0 Å². The van der Waals surface area contributed by atoms with Gasteiger partial charge < -0.3 is 30.4 Å². The van der Waals surface area contributed by atoms with Gasteiger partial charge in [-0.05, 0) is 24.3 Å². The number of nitriles is 1. The fourth-order valence-electron chi connectivity index (χ4n) is 3.42. The fourth-order valence-corrected chi connectivity index (χ4v) is 4.68. The average molecular weight is 436 g/mol. The van der Waals surface area contributed by atoms with Crippen molar-refractivity contribution in [2.45, 2.75) is 10.1 Å². The molecule has 0 fully saturated rings. The van der Waals surface area contributed by atoms with Gasteiger partial charge in [-0.2, -0.15) is 10.2 Å². The van der Waals surface area contributed by atoms with E-state index in [0.29, 0.717) is 28.6 Å². The Labute approximate surface area is 183 Å². The zero-order valence-corrected chi connectivity index (χ0v) is 17.9. The van der Waals surface area contributed by atoms with E-state index in [-0.39, 0.29) is 28.2 Å². The first-order valence-corrected chi connectivity index (χ1v) is 10.1. The fraction of sp³-hybridized carbons (Fsp3) is 0.182. The molecular formula is C22H20N4O4S. The van der Waals surface area contributed by atoms with Crippen LogP contribution < -0.4 is 30.4 Å². The molecule has 4 N–H and O–H groups in total. The number of ether oxygens (including phenoxy) is 4. The lowest BCUT2D eigenvalue weighted by atomic mass is 9.98.